The predicted octanol–water partition coefficient (Wildman–Crippen LogP) is 3.86. The van der Waals surface area contributed by atoms with Gasteiger partial charge in [-0.25, -0.2) is 4.98 Å². The van der Waals surface area contributed by atoms with Crippen LogP contribution in [0.2, 0.25) is 0 Å². The van der Waals surface area contributed by atoms with Gasteiger partial charge >= 0.3 is 0 Å². The highest BCUT2D eigenvalue weighted by molar-refractivity contribution is 7.98. The first-order valence-corrected chi connectivity index (χ1v) is 10.8. The molecule has 0 bridgehead atoms. The number of hydrogen-bond acceptors (Lipinski definition) is 5. The molecule has 1 atom stereocenters. The molecule has 0 saturated heterocycles. The van der Waals surface area contributed by atoms with Crippen LogP contribution < -0.4 is 15.6 Å². The number of nitrogens with zero attached hydrogens (tertiary/aromatic N) is 1. The Morgan fingerprint density at radius 2 is 1.97 bits per heavy atom. The van der Waals surface area contributed by atoms with Gasteiger partial charge in [0.15, 0.2) is 5.16 Å². The molecule has 0 spiro atoms. The number of carbonyl (C=O) groups is 1. The summed E-state index contributed by atoms with van der Waals surface area (Å²) in [5, 5.41) is 3.24. The van der Waals surface area contributed by atoms with E-state index in [2.05, 4.69) is 21.2 Å². The Kier molecular flexibility index (Phi) is 6.10. The lowest BCUT2D eigenvalue weighted by molar-refractivity contribution is -0.116. The lowest BCUT2D eigenvalue weighted by Crippen LogP contribution is -2.31. The summed E-state index contributed by atoms with van der Waals surface area (Å²) >= 11 is 1.43. The van der Waals surface area contributed by atoms with Gasteiger partial charge in [-0.15, -0.1) is 6.42 Å². The number of thioether (sulfide) groups is 1. The number of H-pyrrole nitrogens is 1. The third-order valence-electron chi connectivity index (χ3n) is 5.16. The van der Waals surface area contributed by atoms with Crippen LogP contribution in [-0.2, 0) is 10.5 Å². The SMILES string of the molecule is C#CCOc1ccc([C@@H]2CC(=O)Nc3nc(SCc4ccccc4C)[nH]c(=O)c32)cc1. The Morgan fingerprint density at radius 3 is 2.71 bits per heavy atom. The first kappa shape index (κ1) is 20.8. The summed E-state index contributed by atoms with van der Waals surface area (Å²) in [5.74, 6) is 3.50. The summed E-state index contributed by atoms with van der Waals surface area (Å²) in [5.41, 5.74) is 3.42. The third kappa shape index (κ3) is 4.65. The molecule has 2 heterocycles. The van der Waals surface area contributed by atoms with Gasteiger partial charge in [-0.05, 0) is 35.7 Å². The number of terminal acetylenes is 1. The van der Waals surface area contributed by atoms with E-state index in [0.29, 0.717) is 28.0 Å². The molecule has 0 unspecified atom stereocenters. The molecule has 0 saturated carbocycles. The fourth-order valence-corrected chi connectivity index (χ4v) is 4.48. The normalized spacial score (nSPS) is 15.0. The lowest BCUT2D eigenvalue weighted by Gasteiger charge is -2.24. The number of hydrogen-bond donors (Lipinski definition) is 2. The van der Waals surface area contributed by atoms with Crippen molar-refractivity contribution in [3.63, 3.8) is 0 Å². The highest BCUT2D eigenvalue weighted by Crippen LogP contribution is 2.35. The van der Waals surface area contributed by atoms with Crippen molar-refractivity contribution in [2.24, 2.45) is 0 Å². The average Bonchev–Trinajstić information content (AvgIpc) is 2.76. The fraction of sp³-hybridized carbons (Fsp3) is 0.208. The number of benzene rings is 2. The molecular formula is C24H21N3O3S. The number of ether oxygens (including phenoxy) is 1. The maximum atomic E-state index is 13.0. The third-order valence-corrected chi connectivity index (χ3v) is 6.08. The first-order chi connectivity index (χ1) is 15.0. The van der Waals surface area contributed by atoms with Gasteiger partial charge in [0.2, 0.25) is 5.91 Å². The van der Waals surface area contributed by atoms with Crippen molar-refractivity contribution in [1.29, 1.82) is 0 Å². The van der Waals surface area contributed by atoms with Gasteiger partial charge < -0.3 is 15.0 Å². The van der Waals surface area contributed by atoms with Crippen molar-refractivity contribution in [3.05, 3.63) is 81.1 Å². The van der Waals surface area contributed by atoms with E-state index >= 15 is 0 Å². The Labute approximate surface area is 184 Å². The molecule has 2 aromatic carbocycles. The highest BCUT2D eigenvalue weighted by Gasteiger charge is 2.31. The van der Waals surface area contributed by atoms with Gasteiger partial charge in [0, 0.05) is 18.1 Å². The second-order valence-corrected chi connectivity index (χ2v) is 8.18. The van der Waals surface area contributed by atoms with Crippen LogP contribution >= 0.6 is 11.8 Å². The van der Waals surface area contributed by atoms with Crippen LogP contribution in [0.4, 0.5) is 5.82 Å². The monoisotopic (exact) mass is 431 g/mol. The van der Waals surface area contributed by atoms with Crippen LogP contribution in [0.5, 0.6) is 5.75 Å². The summed E-state index contributed by atoms with van der Waals surface area (Å²) in [4.78, 5) is 32.7. The molecule has 0 aliphatic carbocycles. The molecule has 156 valence electrons. The summed E-state index contributed by atoms with van der Waals surface area (Å²) in [6, 6.07) is 15.3. The van der Waals surface area contributed by atoms with E-state index in [4.69, 9.17) is 11.2 Å². The van der Waals surface area contributed by atoms with E-state index in [1.165, 1.54) is 22.9 Å². The van der Waals surface area contributed by atoms with Crippen molar-refractivity contribution in [3.8, 4) is 18.1 Å². The number of rotatable bonds is 6. The van der Waals surface area contributed by atoms with E-state index in [-0.39, 0.29) is 30.4 Å². The quantitative estimate of drug-likeness (QED) is 0.352. The van der Waals surface area contributed by atoms with Crippen LogP contribution in [0.3, 0.4) is 0 Å². The van der Waals surface area contributed by atoms with Crippen molar-refractivity contribution in [2.45, 2.75) is 30.2 Å². The van der Waals surface area contributed by atoms with Crippen molar-refractivity contribution >= 4 is 23.5 Å². The van der Waals surface area contributed by atoms with Gasteiger partial charge in [-0.3, -0.25) is 9.59 Å². The first-order valence-electron chi connectivity index (χ1n) is 9.82. The second-order valence-electron chi connectivity index (χ2n) is 7.22. The van der Waals surface area contributed by atoms with E-state index in [1.54, 1.807) is 12.1 Å². The molecule has 0 fully saturated rings. The molecule has 0 radical (unpaired) electrons. The Morgan fingerprint density at radius 1 is 1.19 bits per heavy atom. The summed E-state index contributed by atoms with van der Waals surface area (Å²) in [6.45, 7) is 2.23. The number of fused-ring (bicyclic) bond motifs is 1. The number of nitrogens with one attached hydrogen (secondary N) is 2. The van der Waals surface area contributed by atoms with Crippen LogP contribution in [0, 0.1) is 19.3 Å². The van der Waals surface area contributed by atoms with E-state index in [0.717, 1.165) is 5.56 Å². The van der Waals surface area contributed by atoms with Gasteiger partial charge in [0.25, 0.3) is 5.56 Å². The minimum Gasteiger partial charge on any atom is -0.481 e. The predicted molar refractivity (Wildman–Crippen MR) is 121 cm³/mol. The number of aromatic nitrogens is 2. The molecule has 4 rings (SSSR count). The molecule has 6 nitrogen and oxygen atoms in total. The fourth-order valence-electron chi connectivity index (χ4n) is 3.54. The number of aromatic amines is 1. The summed E-state index contributed by atoms with van der Waals surface area (Å²) < 4.78 is 5.40. The summed E-state index contributed by atoms with van der Waals surface area (Å²) in [7, 11) is 0. The van der Waals surface area contributed by atoms with Crippen LogP contribution in [-0.4, -0.2) is 22.5 Å². The maximum absolute atomic E-state index is 13.0. The van der Waals surface area contributed by atoms with Crippen molar-refractivity contribution in [2.75, 3.05) is 11.9 Å². The molecular weight excluding hydrogens is 410 g/mol. The maximum Gasteiger partial charge on any atom is 0.257 e. The van der Waals surface area contributed by atoms with Crippen LogP contribution in [0.25, 0.3) is 0 Å². The highest BCUT2D eigenvalue weighted by atomic mass is 32.2. The van der Waals surface area contributed by atoms with Crippen LogP contribution in [0.15, 0.2) is 58.5 Å². The minimum atomic E-state index is -0.378. The lowest BCUT2D eigenvalue weighted by atomic mass is 9.87. The van der Waals surface area contributed by atoms with Gasteiger partial charge in [0.05, 0.1) is 5.56 Å². The molecule has 1 aliphatic heterocycles. The largest absolute Gasteiger partial charge is 0.481 e. The number of carbonyl (C=O) groups excluding carboxylic acids is 1. The van der Waals surface area contributed by atoms with E-state index in [9.17, 15) is 9.59 Å². The van der Waals surface area contributed by atoms with Crippen LogP contribution in [0.1, 0.15) is 34.6 Å². The van der Waals surface area contributed by atoms with Gasteiger partial charge in [0.1, 0.15) is 18.2 Å². The van der Waals surface area contributed by atoms with Gasteiger partial charge in [-0.1, -0.05) is 54.1 Å². The Balaban J connectivity index is 1.60. The molecule has 7 heteroatoms. The molecule has 1 amide bonds. The smallest absolute Gasteiger partial charge is 0.257 e. The molecule has 31 heavy (non-hydrogen) atoms. The molecule has 2 N–H and O–H groups in total. The Hall–Kier alpha value is -3.50. The number of aryl methyl sites for hydroxylation is 1. The molecule has 1 aliphatic rings. The zero-order chi connectivity index (χ0) is 21.8. The van der Waals surface area contributed by atoms with E-state index < -0.39 is 0 Å². The number of anilines is 1. The minimum absolute atomic E-state index is 0.168. The van der Waals surface area contributed by atoms with E-state index in [1.807, 2.05) is 43.3 Å². The zero-order valence-corrected chi connectivity index (χ0v) is 17.8. The van der Waals surface area contributed by atoms with Crippen molar-refractivity contribution in [1.82, 2.24) is 9.97 Å². The average molecular weight is 432 g/mol. The molecule has 3 aromatic rings. The number of amides is 1. The van der Waals surface area contributed by atoms with Crippen molar-refractivity contribution < 1.29 is 9.53 Å². The zero-order valence-electron chi connectivity index (χ0n) is 17.0. The van der Waals surface area contributed by atoms with Gasteiger partial charge in [-0.2, -0.15) is 0 Å². The Bertz CT molecular complexity index is 1210. The standard InChI is InChI=1S/C24H21N3O3S/c1-3-12-30-18-10-8-16(9-11-18)19-13-20(28)25-22-21(19)23(29)27-24(26-22)31-14-17-7-5-4-6-15(17)2/h1,4-11,19H,12-14H2,2H3,(H2,25,26,27,28,29)/t19-/m0/s1. The summed E-state index contributed by atoms with van der Waals surface area (Å²) in [6.07, 6.45) is 5.39. The molecule has 1 aromatic heterocycles. The second kappa shape index (κ2) is 9.11. The topological polar surface area (TPSA) is 84.1 Å².